The van der Waals surface area contributed by atoms with Crippen LogP contribution in [0.1, 0.15) is 16.2 Å². The lowest BCUT2D eigenvalue weighted by molar-refractivity contribution is -0.117. The highest BCUT2D eigenvalue weighted by atomic mass is 16.5. The highest BCUT2D eigenvalue weighted by molar-refractivity contribution is 5.94. The number of hydrogen-bond acceptors (Lipinski definition) is 8. The number of hydrogen-bond donors (Lipinski definition) is 2. The highest BCUT2D eigenvalue weighted by Gasteiger charge is 2.14. The number of nitrogens with zero attached hydrogens (tertiary/aromatic N) is 3. The van der Waals surface area contributed by atoms with Gasteiger partial charge in [0.1, 0.15) is 5.82 Å². The van der Waals surface area contributed by atoms with Crippen LogP contribution < -0.4 is 15.8 Å². The van der Waals surface area contributed by atoms with Gasteiger partial charge in [0.2, 0.25) is 5.91 Å². The number of aromatic amines is 1. The van der Waals surface area contributed by atoms with E-state index in [0.29, 0.717) is 41.2 Å². The van der Waals surface area contributed by atoms with Crippen molar-refractivity contribution in [2.45, 2.75) is 6.54 Å². The van der Waals surface area contributed by atoms with E-state index in [1.165, 1.54) is 19.2 Å². The van der Waals surface area contributed by atoms with E-state index < -0.39 is 5.97 Å². The van der Waals surface area contributed by atoms with Gasteiger partial charge >= 0.3 is 5.97 Å². The molecule has 0 atom stereocenters. The molecule has 2 heterocycles. The Morgan fingerprint density at radius 2 is 1.91 bits per heavy atom. The summed E-state index contributed by atoms with van der Waals surface area (Å²) >= 11 is 0. The van der Waals surface area contributed by atoms with E-state index in [1.54, 1.807) is 18.0 Å². The Balaban J connectivity index is 1.37. The molecule has 2 N–H and O–H groups in total. The van der Waals surface area contributed by atoms with Crippen LogP contribution in [0, 0.1) is 0 Å². The molecule has 1 saturated heterocycles. The van der Waals surface area contributed by atoms with Gasteiger partial charge < -0.3 is 24.7 Å². The van der Waals surface area contributed by atoms with Gasteiger partial charge in [-0.15, -0.1) is 0 Å². The summed E-state index contributed by atoms with van der Waals surface area (Å²) in [6.45, 7) is 3.49. The lowest BCUT2D eigenvalue weighted by Gasteiger charge is -2.28. The van der Waals surface area contributed by atoms with E-state index in [0.717, 1.165) is 18.8 Å². The van der Waals surface area contributed by atoms with Crippen molar-refractivity contribution in [3.8, 4) is 0 Å². The quantitative estimate of drug-likeness (QED) is 0.506. The summed E-state index contributed by atoms with van der Waals surface area (Å²) in [6.07, 6.45) is 0. The van der Waals surface area contributed by atoms with E-state index in [-0.39, 0.29) is 24.6 Å². The Bertz CT molecular complexity index is 1230. The maximum absolute atomic E-state index is 12.5. The van der Waals surface area contributed by atoms with E-state index in [2.05, 4.69) is 20.2 Å². The summed E-state index contributed by atoms with van der Waals surface area (Å²) in [5.74, 6) is -0.292. The average Bonchev–Trinajstić information content (AvgIpc) is 2.84. The summed E-state index contributed by atoms with van der Waals surface area (Å²) in [5, 5.41) is 3.26. The van der Waals surface area contributed by atoms with Crippen molar-refractivity contribution in [3.63, 3.8) is 0 Å². The lowest BCUT2D eigenvalue weighted by atomic mass is 10.1. The van der Waals surface area contributed by atoms with Gasteiger partial charge in [-0.2, -0.15) is 0 Å². The number of carbonyl (C=O) groups is 2. The molecule has 0 aliphatic carbocycles. The second kappa shape index (κ2) is 10.4. The number of likely N-dealkylation sites (N-methyl/N-ethyl adjacent to an activating group) is 1. The predicted molar refractivity (Wildman–Crippen MR) is 128 cm³/mol. The number of carbonyl (C=O) groups excluding carboxylic acids is 2. The Hall–Kier alpha value is -3.76. The van der Waals surface area contributed by atoms with E-state index in [9.17, 15) is 14.4 Å². The van der Waals surface area contributed by atoms with Crippen molar-refractivity contribution in [3.05, 3.63) is 64.2 Å². The Kier molecular flexibility index (Phi) is 7.19. The van der Waals surface area contributed by atoms with Gasteiger partial charge in [0.25, 0.3) is 5.56 Å². The number of amides is 1. The molecule has 1 aliphatic rings. The number of fused-ring (bicyclic) bond motifs is 1. The second-order valence-corrected chi connectivity index (χ2v) is 8.10. The van der Waals surface area contributed by atoms with Gasteiger partial charge in [0.15, 0.2) is 0 Å². The van der Waals surface area contributed by atoms with Crippen LogP contribution in [0.15, 0.2) is 47.3 Å². The van der Waals surface area contributed by atoms with Crippen LogP contribution >= 0.6 is 0 Å². The minimum Gasteiger partial charge on any atom is -0.465 e. The van der Waals surface area contributed by atoms with Crippen molar-refractivity contribution in [1.82, 2.24) is 14.9 Å². The maximum atomic E-state index is 12.5. The maximum Gasteiger partial charge on any atom is 0.337 e. The molecule has 34 heavy (non-hydrogen) atoms. The number of nitrogens with one attached hydrogen (secondary N) is 2. The number of rotatable bonds is 7. The molecule has 0 bridgehead atoms. The molecule has 0 spiro atoms. The Morgan fingerprint density at radius 3 is 2.62 bits per heavy atom. The zero-order chi connectivity index (χ0) is 24.1. The Labute approximate surface area is 196 Å². The molecule has 1 aliphatic heterocycles. The monoisotopic (exact) mass is 465 g/mol. The predicted octanol–water partition coefficient (Wildman–Crippen LogP) is 1.62. The van der Waals surface area contributed by atoms with E-state index in [1.807, 2.05) is 24.3 Å². The number of anilines is 2. The third-order valence-electron chi connectivity index (χ3n) is 5.54. The SMILES string of the molecule is COC(=O)c1ccc2c(=O)[nH]c(CN(C)CC(=O)Nc3ccc(N4CCOCC4)cc3)nc2c1. The molecule has 2 aromatic carbocycles. The number of aromatic nitrogens is 2. The van der Waals surface area contributed by atoms with Crippen LogP contribution in [0.25, 0.3) is 10.9 Å². The fourth-order valence-corrected chi connectivity index (χ4v) is 3.84. The molecule has 4 rings (SSSR count). The number of methoxy groups -OCH3 is 1. The average molecular weight is 466 g/mol. The zero-order valence-corrected chi connectivity index (χ0v) is 19.2. The first-order valence-corrected chi connectivity index (χ1v) is 11.0. The second-order valence-electron chi connectivity index (χ2n) is 8.10. The van der Waals surface area contributed by atoms with Crippen molar-refractivity contribution in [2.24, 2.45) is 0 Å². The normalized spacial score (nSPS) is 13.8. The van der Waals surface area contributed by atoms with Gasteiger partial charge in [-0.3, -0.25) is 14.5 Å². The minimum absolute atomic E-state index is 0.106. The first kappa shape index (κ1) is 23.4. The zero-order valence-electron chi connectivity index (χ0n) is 19.2. The van der Waals surface area contributed by atoms with Crippen LogP contribution in [-0.4, -0.2) is 73.7 Å². The van der Waals surface area contributed by atoms with Crippen LogP contribution in [0.4, 0.5) is 11.4 Å². The number of ether oxygens (including phenoxy) is 2. The fourth-order valence-electron chi connectivity index (χ4n) is 3.84. The van der Waals surface area contributed by atoms with Gasteiger partial charge in [-0.25, -0.2) is 9.78 Å². The molecule has 3 aromatic rings. The fraction of sp³-hybridized carbons (Fsp3) is 0.333. The van der Waals surface area contributed by atoms with E-state index >= 15 is 0 Å². The molecular formula is C24H27N5O5. The van der Waals surface area contributed by atoms with Crippen LogP contribution in [0.2, 0.25) is 0 Å². The number of esters is 1. The lowest BCUT2D eigenvalue weighted by Crippen LogP contribution is -2.36. The standard InChI is InChI=1S/C24H27N5O5/c1-28(14-21-26-20-13-16(24(32)33-2)3-8-19(20)23(31)27-21)15-22(30)25-17-4-6-18(7-5-17)29-9-11-34-12-10-29/h3-8,13H,9-12,14-15H2,1-2H3,(H,25,30)(H,26,27,31). The number of H-pyrrole nitrogens is 1. The van der Waals surface area contributed by atoms with Crippen molar-refractivity contribution in [2.75, 3.05) is 57.2 Å². The molecule has 1 amide bonds. The molecule has 1 aromatic heterocycles. The summed E-state index contributed by atoms with van der Waals surface area (Å²) in [4.78, 5) is 47.9. The molecule has 10 heteroatoms. The summed E-state index contributed by atoms with van der Waals surface area (Å²) in [5.41, 5.74) is 2.20. The van der Waals surface area contributed by atoms with Crippen LogP contribution in [0.5, 0.6) is 0 Å². The molecule has 178 valence electrons. The van der Waals surface area contributed by atoms with Gasteiger partial charge in [-0.05, 0) is 49.5 Å². The van der Waals surface area contributed by atoms with Gasteiger partial charge in [-0.1, -0.05) is 0 Å². The number of morpholine rings is 1. The highest BCUT2D eigenvalue weighted by Crippen LogP contribution is 2.19. The van der Waals surface area contributed by atoms with Crippen LogP contribution in [0.3, 0.4) is 0 Å². The van der Waals surface area contributed by atoms with Crippen molar-refractivity contribution in [1.29, 1.82) is 0 Å². The first-order chi connectivity index (χ1) is 16.4. The molecule has 0 saturated carbocycles. The van der Waals surface area contributed by atoms with Crippen LogP contribution in [-0.2, 0) is 20.8 Å². The van der Waals surface area contributed by atoms with E-state index in [4.69, 9.17) is 9.47 Å². The minimum atomic E-state index is -0.503. The topological polar surface area (TPSA) is 117 Å². The molecule has 0 radical (unpaired) electrons. The largest absolute Gasteiger partial charge is 0.465 e. The van der Waals surface area contributed by atoms with Crippen molar-refractivity contribution >= 4 is 34.2 Å². The first-order valence-electron chi connectivity index (χ1n) is 11.0. The van der Waals surface area contributed by atoms with Gasteiger partial charge in [0, 0.05) is 24.5 Å². The third kappa shape index (κ3) is 5.59. The summed E-state index contributed by atoms with van der Waals surface area (Å²) in [7, 11) is 3.05. The molecule has 10 nitrogen and oxygen atoms in total. The smallest absolute Gasteiger partial charge is 0.337 e. The van der Waals surface area contributed by atoms with Crippen molar-refractivity contribution < 1.29 is 19.1 Å². The number of benzene rings is 2. The molecule has 1 fully saturated rings. The summed E-state index contributed by atoms with van der Waals surface area (Å²) in [6, 6.07) is 12.3. The molecule has 0 unspecified atom stereocenters. The Morgan fingerprint density at radius 1 is 1.18 bits per heavy atom. The van der Waals surface area contributed by atoms with Gasteiger partial charge in [0.05, 0.1) is 49.9 Å². The summed E-state index contributed by atoms with van der Waals surface area (Å²) < 4.78 is 10.1. The third-order valence-corrected chi connectivity index (χ3v) is 5.54. The molecular weight excluding hydrogens is 438 g/mol.